The van der Waals surface area contributed by atoms with Crippen LogP contribution in [-0.4, -0.2) is 44.3 Å². The second-order valence-corrected chi connectivity index (χ2v) is 6.62. The zero-order valence-electron chi connectivity index (χ0n) is 17.3. The molecule has 0 saturated carbocycles. The normalized spacial score (nSPS) is 11.2. The van der Waals surface area contributed by atoms with Gasteiger partial charge >= 0.3 is 12.1 Å². The first-order chi connectivity index (χ1) is 15.0. The van der Waals surface area contributed by atoms with Crippen LogP contribution in [0, 0.1) is 0 Å². The summed E-state index contributed by atoms with van der Waals surface area (Å²) < 4.78 is 14.9. The predicted octanol–water partition coefficient (Wildman–Crippen LogP) is 2.21. The van der Waals surface area contributed by atoms with Gasteiger partial charge in [-0.25, -0.2) is 9.59 Å². The van der Waals surface area contributed by atoms with Crippen LogP contribution in [-0.2, 0) is 25.7 Å². The van der Waals surface area contributed by atoms with E-state index in [-0.39, 0.29) is 19.1 Å². The maximum absolute atomic E-state index is 12.3. The molecule has 4 N–H and O–H groups in total. The highest BCUT2D eigenvalue weighted by molar-refractivity contribution is 5.94. The predicted molar refractivity (Wildman–Crippen MR) is 114 cm³/mol. The number of esters is 1. The number of alkyl carbamates (subject to hydrolysis) is 1. The van der Waals surface area contributed by atoms with Crippen LogP contribution in [0.4, 0.5) is 10.5 Å². The van der Waals surface area contributed by atoms with Crippen molar-refractivity contribution < 1.29 is 28.6 Å². The Labute approximate surface area is 180 Å². The molecule has 1 atom stereocenters. The van der Waals surface area contributed by atoms with Gasteiger partial charge in [-0.05, 0) is 30.5 Å². The van der Waals surface area contributed by atoms with Crippen molar-refractivity contribution in [1.82, 2.24) is 5.32 Å². The van der Waals surface area contributed by atoms with Gasteiger partial charge < -0.3 is 30.6 Å². The minimum absolute atomic E-state index is 0.191. The molecule has 2 aromatic rings. The number of amides is 2. The number of carbonyl (C=O) groups excluding carboxylic acids is 3. The zero-order valence-corrected chi connectivity index (χ0v) is 17.3. The molecule has 166 valence electrons. The molecule has 9 nitrogen and oxygen atoms in total. The largest absolute Gasteiger partial charge is 0.482 e. The quantitative estimate of drug-likeness (QED) is 0.369. The molecule has 31 heavy (non-hydrogen) atoms. The number of ether oxygens (including phenoxy) is 3. The van der Waals surface area contributed by atoms with E-state index in [9.17, 15) is 14.4 Å². The number of benzene rings is 2. The lowest BCUT2D eigenvalue weighted by molar-refractivity contribution is -0.142. The van der Waals surface area contributed by atoms with E-state index in [1.807, 2.05) is 30.3 Å². The maximum atomic E-state index is 12.3. The molecule has 2 rings (SSSR count). The Balaban J connectivity index is 1.65. The summed E-state index contributed by atoms with van der Waals surface area (Å²) in [6.45, 7) is 0.302. The highest BCUT2D eigenvalue weighted by Crippen LogP contribution is 2.17. The number of nitrogens with one attached hydrogen (secondary N) is 2. The van der Waals surface area contributed by atoms with Crippen molar-refractivity contribution in [2.45, 2.75) is 25.5 Å². The summed E-state index contributed by atoms with van der Waals surface area (Å²) in [5.74, 6) is -0.458. The van der Waals surface area contributed by atoms with Crippen LogP contribution >= 0.6 is 0 Å². The molecular formula is C22H27N3O6. The molecule has 0 fully saturated rings. The Bertz CT molecular complexity index is 859. The van der Waals surface area contributed by atoms with Gasteiger partial charge in [-0.3, -0.25) is 4.79 Å². The summed E-state index contributed by atoms with van der Waals surface area (Å²) >= 11 is 0. The standard InChI is InChI=1S/C22H27N3O6/c1-29-20(26)15-30-18-10-5-9-17(13-18)25-21(27)19(23)11-6-12-24-22(28)31-14-16-7-3-2-4-8-16/h2-5,7-10,13,19H,6,11-12,14-15,23H2,1H3,(H,24,28)(H,25,27)/t19-/m0/s1. The van der Waals surface area contributed by atoms with E-state index in [1.165, 1.54) is 7.11 Å². The Kier molecular flexibility index (Phi) is 9.83. The number of rotatable bonds is 11. The molecule has 0 aromatic heterocycles. The van der Waals surface area contributed by atoms with Crippen molar-refractivity contribution >= 4 is 23.7 Å². The van der Waals surface area contributed by atoms with E-state index in [0.717, 1.165) is 5.56 Å². The number of methoxy groups -OCH3 is 1. The highest BCUT2D eigenvalue weighted by Gasteiger charge is 2.14. The van der Waals surface area contributed by atoms with Crippen LogP contribution < -0.4 is 21.1 Å². The zero-order chi connectivity index (χ0) is 22.5. The lowest BCUT2D eigenvalue weighted by atomic mass is 10.1. The molecule has 0 saturated heterocycles. The minimum atomic E-state index is -0.748. The molecule has 0 aliphatic carbocycles. The third kappa shape index (κ3) is 9.18. The van der Waals surface area contributed by atoms with Gasteiger partial charge in [-0.1, -0.05) is 36.4 Å². The maximum Gasteiger partial charge on any atom is 0.407 e. The second kappa shape index (κ2) is 12.9. The first-order valence-corrected chi connectivity index (χ1v) is 9.78. The molecule has 0 unspecified atom stereocenters. The summed E-state index contributed by atoms with van der Waals surface area (Å²) in [7, 11) is 1.27. The van der Waals surface area contributed by atoms with E-state index >= 15 is 0 Å². The van der Waals surface area contributed by atoms with Crippen molar-refractivity contribution in [3.63, 3.8) is 0 Å². The Hall–Kier alpha value is -3.59. The summed E-state index contributed by atoms with van der Waals surface area (Å²) in [6, 6.07) is 15.2. The summed E-state index contributed by atoms with van der Waals surface area (Å²) in [5, 5.41) is 5.33. The van der Waals surface area contributed by atoms with Gasteiger partial charge in [0.25, 0.3) is 0 Å². The average Bonchev–Trinajstić information content (AvgIpc) is 2.79. The molecule has 0 heterocycles. The Morgan fingerprint density at radius 1 is 1.06 bits per heavy atom. The van der Waals surface area contributed by atoms with E-state index < -0.39 is 18.1 Å². The van der Waals surface area contributed by atoms with E-state index in [4.69, 9.17) is 15.2 Å². The smallest absolute Gasteiger partial charge is 0.407 e. The molecule has 9 heteroatoms. The summed E-state index contributed by atoms with van der Waals surface area (Å²) in [6.07, 6.45) is 0.367. The van der Waals surface area contributed by atoms with Crippen molar-refractivity contribution in [3.05, 3.63) is 60.2 Å². The lowest BCUT2D eigenvalue weighted by Crippen LogP contribution is -2.36. The number of hydrogen-bond donors (Lipinski definition) is 3. The van der Waals surface area contributed by atoms with E-state index in [1.54, 1.807) is 24.3 Å². The van der Waals surface area contributed by atoms with Gasteiger partial charge in [-0.15, -0.1) is 0 Å². The third-order valence-electron chi connectivity index (χ3n) is 4.20. The van der Waals surface area contributed by atoms with E-state index in [0.29, 0.717) is 30.8 Å². The first-order valence-electron chi connectivity index (χ1n) is 9.78. The fourth-order valence-electron chi connectivity index (χ4n) is 2.52. The molecule has 0 radical (unpaired) electrons. The topological polar surface area (TPSA) is 129 Å². The summed E-state index contributed by atoms with van der Waals surface area (Å²) in [4.78, 5) is 35.1. The molecular weight excluding hydrogens is 402 g/mol. The van der Waals surface area contributed by atoms with Gasteiger partial charge in [0, 0.05) is 18.3 Å². The van der Waals surface area contributed by atoms with Gasteiger partial charge in [0.05, 0.1) is 13.2 Å². The van der Waals surface area contributed by atoms with Crippen LogP contribution in [0.2, 0.25) is 0 Å². The highest BCUT2D eigenvalue weighted by atomic mass is 16.6. The third-order valence-corrected chi connectivity index (χ3v) is 4.20. The number of anilines is 1. The molecule has 2 amide bonds. The average molecular weight is 429 g/mol. The van der Waals surface area contributed by atoms with Crippen LogP contribution in [0.25, 0.3) is 0 Å². The molecule has 2 aromatic carbocycles. The summed E-state index contributed by atoms with van der Waals surface area (Å²) in [5.41, 5.74) is 7.31. The second-order valence-electron chi connectivity index (χ2n) is 6.62. The van der Waals surface area contributed by atoms with Crippen molar-refractivity contribution in [3.8, 4) is 5.75 Å². The van der Waals surface area contributed by atoms with E-state index in [2.05, 4.69) is 15.4 Å². The molecule has 0 spiro atoms. The monoisotopic (exact) mass is 429 g/mol. The molecule has 0 aliphatic heterocycles. The molecule has 0 aliphatic rings. The fraction of sp³-hybridized carbons (Fsp3) is 0.318. The van der Waals surface area contributed by atoms with Gasteiger partial charge in [0.2, 0.25) is 5.91 Å². The fourth-order valence-corrected chi connectivity index (χ4v) is 2.52. The van der Waals surface area contributed by atoms with Crippen LogP contribution in [0.3, 0.4) is 0 Å². The number of nitrogens with two attached hydrogens (primary N) is 1. The van der Waals surface area contributed by atoms with Crippen LogP contribution in [0.5, 0.6) is 5.75 Å². The molecule has 0 bridgehead atoms. The van der Waals surface area contributed by atoms with Gasteiger partial charge in [0.15, 0.2) is 6.61 Å². The van der Waals surface area contributed by atoms with Crippen molar-refractivity contribution in [1.29, 1.82) is 0 Å². The number of carbonyl (C=O) groups is 3. The SMILES string of the molecule is COC(=O)COc1cccc(NC(=O)[C@@H](N)CCCNC(=O)OCc2ccccc2)c1. The van der Waals surface area contributed by atoms with Crippen LogP contribution in [0.15, 0.2) is 54.6 Å². The van der Waals surface area contributed by atoms with Gasteiger partial charge in [0.1, 0.15) is 12.4 Å². The Morgan fingerprint density at radius 2 is 1.84 bits per heavy atom. The van der Waals surface area contributed by atoms with Crippen LogP contribution in [0.1, 0.15) is 18.4 Å². The Morgan fingerprint density at radius 3 is 2.58 bits per heavy atom. The van der Waals surface area contributed by atoms with Crippen molar-refractivity contribution in [2.75, 3.05) is 25.6 Å². The lowest BCUT2D eigenvalue weighted by Gasteiger charge is -2.13. The van der Waals surface area contributed by atoms with Gasteiger partial charge in [-0.2, -0.15) is 0 Å². The van der Waals surface area contributed by atoms with Crippen molar-refractivity contribution in [2.24, 2.45) is 5.73 Å². The number of hydrogen-bond acceptors (Lipinski definition) is 7. The minimum Gasteiger partial charge on any atom is -0.482 e. The first kappa shape index (κ1) is 23.7.